The van der Waals surface area contributed by atoms with E-state index in [1.807, 2.05) is 12.1 Å². The molecule has 100 valence electrons. The molecule has 3 heterocycles. The summed E-state index contributed by atoms with van der Waals surface area (Å²) >= 11 is 0. The van der Waals surface area contributed by atoms with Crippen LogP contribution in [-0.2, 0) is 14.3 Å². The van der Waals surface area contributed by atoms with Crippen LogP contribution in [0.15, 0.2) is 34.5 Å². The number of furan rings is 1. The van der Waals surface area contributed by atoms with Crippen molar-refractivity contribution in [3.63, 3.8) is 0 Å². The Hall–Kier alpha value is -1.55. The van der Waals surface area contributed by atoms with Crippen molar-refractivity contribution in [2.24, 2.45) is 5.41 Å². The first-order chi connectivity index (χ1) is 9.09. The molecule has 2 aliphatic heterocycles. The topological polar surface area (TPSA) is 52.0 Å². The third-order valence-electron chi connectivity index (χ3n) is 4.99. The highest BCUT2D eigenvalue weighted by Gasteiger charge is 2.78. The molecule has 0 saturated carbocycles. The molecular formula is C15H16O4. The number of ether oxygens (including phenoxy) is 2. The van der Waals surface area contributed by atoms with Gasteiger partial charge in [0.2, 0.25) is 0 Å². The molecule has 2 saturated heterocycles. The van der Waals surface area contributed by atoms with E-state index in [0.29, 0.717) is 5.76 Å². The fourth-order valence-corrected chi connectivity index (χ4v) is 3.92. The lowest BCUT2D eigenvalue weighted by molar-refractivity contribution is -0.168. The van der Waals surface area contributed by atoms with E-state index in [-0.39, 0.29) is 17.5 Å². The summed E-state index contributed by atoms with van der Waals surface area (Å²) in [5.74, 6) is 0.437. The Balaban J connectivity index is 1.86. The van der Waals surface area contributed by atoms with E-state index in [1.54, 1.807) is 6.26 Å². The van der Waals surface area contributed by atoms with Crippen LogP contribution in [0.3, 0.4) is 0 Å². The molecule has 19 heavy (non-hydrogen) atoms. The molecule has 4 rings (SSSR count). The monoisotopic (exact) mass is 260 g/mol. The van der Waals surface area contributed by atoms with E-state index in [9.17, 15) is 4.79 Å². The average molecular weight is 260 g/mol. The van der Waals surface area contributed by atoms with Gasteiger partial charge < -0.3 is 13.9 Å². The third-order valence-corrected chi connectivity index (χ3v) is 4.99. The van der Waals surface area contributed by atoms with Crippen LogP contribution >= 0.6 is 0 Å². The Morgan fingerprint density at radius 1 is 1.37 bits per heavy atom. The van der Waals surface area contributed by atoms with Gasteiger partial charge in [0.15, 0.2) is 12.2 Å². The van der Waals surface area contributed by atoms with Gasteiger partial charge in [-0.05, 0) is 37.5 Å². The predicted octanol–water partition coefficient (Wildman–Crippen LogP) is 2.76. The summed E-state index contributed by atoms with van der Waals surface area (Å²) in [5.41, 5.74) is 0.430. The van der Waals surface area contributed by atoms with E-state index in [1.165, 1.54) is 0 Å². The van der Waals surface area contributed by atoms with Crippen molar-refractivity contribution in [3.05, 3.63) is 35.8 Å². The molecule has 1 aliphatic carbocycles. The van der Waals surface area contributed by atoms with E-state index < -0.39 is 11.7 Å². The van der Waals surface area contributed by atoms with Gasteiger partial charge in [0.1, 0.15) is 11.4 Å². The number of cyclic esters (lactones) is 1. The van der Waals surface area contributed by atoms with Crippen molar-refractivity contribution in [2.75, 3.05) is 0 Å². The molecule has 0 aromatic carbocycles. The van der Waals surface area contributed by atoms with Crippen molar-refractivity contribution in [1.29, 1.82) is 0 Å². The number of carbonyl (C=O) groups excluding carboxylic acids is 1. The smallest absolute Gasteiger partial charge is 0.339 e. The summed E-state index contributed by atoms with van der Waals surface area (Å²) < 4.78 is 16.9. The maximum atomic E-state index is 12.1. The fraction of sp³-hybridized carbons (Fsp3) is 0.533. The molecule has 4 nitrogen and oxygen atoms in total. The largest absolute Gasteiger partial charge is 0.465 e. The molecule has 1 spiro atoms. The summed E-state index contributed by atoms with van der Waals surface area (Å²) in [6.07, 6.45) is 4.91. The number of hydrogen-bond acceptors (Lipinski definition) is 4. The van der Waals surface area contributed by atoms with Gasteiger partial charge in [-0.2, -0.15) is 0 Å². The lowest BCUT2D eigenvalue weighted by atomic mass is 9.60. The summed E-state index contributed by atoms with van der Waals surface area (Å²) in [5, 5.41) is 0. The van der Waals surface area contributed by atoms with Crippen molar-refractivity contribution in [1.82, 2.24) is 0 Å². The number of carbonyl (C=O) groups is 1. The van der Waals surface area contributed by atoms with Gasteiger partial charge in [-0.15, -0.1) is 0 Å². The second-order valence-corrected chi connectivity index (χ2v) is 5.91. The Morgan fingerprint density at radius 3 is 2.95 bits per heavy atom. The molecule has 0 N–H and O–H groups in total. The highest BCUT2D eigenvalue weighted by Crippen LogP contribution is 2.67. The number of allylic oxidation sites excluding steroid dienone is 1. The normalized spacial score (nSPS) is 43.9. The van der Waals surface area contributed by atoms with Crippen molar-refractivity contribution >= 4 is 5.97 Å². The summed E-state index contributed by atoms with van der Waals surface area (Å²) in [6, 6.07) is 3.69. The van der Waals surface area contributed by atoms with Gasteiger partial charge in [0, 0.05) is 5.41 Å². The van der Waals surface area contributed by atoms with E-state index in [4.69, 9.17) is 13.9 Å². The molecule has 0 radical (unpaired) electrons. The first-order valence-electron chi connectivity index (χ1n) is 6.68. The maximum Gasteiger partial charge on any atom is 0.339 e. The molecule has 0 bridgehead atoms. The fourth-order valence-electron chi connectivity index (χ4n) is 3.92. The third kappa shape index (κ3) is 1.16. The number of rotatable bonds is 1. The molecular weight excluding hydrogens is 244 g/mol. The van der Waals surface area contributed by atoms with Crippen molar-refractivity contribution < 1.29 is 18.7 Å². The Bertz CT molecular complexity index is 573. The van der Waals surface area contributed by atoms with Gasteiger partial charge in [0.05, 0.1) is 6.26 Å². The number of epoxide rings is 1. The molecule has 4 heteroatoms. The minimum absolute atomic E-state index is 0.248. The summed E-state index contributed by atoms with van der Waals surface area (Å²) in [6.45, 7) is 4.19. The average Bonchev–Trinajstić information content (AvgIpc) is 2.94. The zero-order valence-corrected chi connectivity index (χ0v) is 11.0. The summed E-state index contributed by atoms with van der Waals surface area (Å²) in [4.78, 5) is 12.1. The number of esters is 1. The van der Waals surface area contributed by atoms with Crippen LogP contribution in [0.25, 0.3) is 0 Å². The van der Waals surface area contributed by atoms with Crippen LogP contribution in [0.2, 0.25) is 0 Å². The molecule has 0 amide bonds. The molecule has 4 unspecified atom stereocenters. The molecule has 3 aliphatic rings. The van der Waals surface area contributed by atoms with Gasteiger partial charge >= 0.3 is 5.97 Å². The zero-order chi connectivity index (χ0) is 13.3. The molecule has 4 atom stereocenters. The highest BCUT2D eigenvalue weighted by atomic mass is 16.7. The van der Waals surface area contributed by atoms with Gasteiger partial charge in [-0.25, -0.2) is 4.79 Å². The van der Waals surface area contributed by atoms with Gasteiger partial charge in [0.25, 0.3) is 0 Å². The zero-order valence-electron chi connectivity index (χ0n) is 11.0. The van der Waals surface area contributed by atoms with E-state index >= 15 is 0 Å². The second kappa shape index (κ2) is 3.31. The molecule has 2 fully saturated rings. The summed E-state index contributed by atoms with van der Waals surface area (Å²) in [7, 11) is 0. The van der Waals surface area contributed by atoms with E-state index in [2.05, 4.69) is 19.9 Å². The molecule has 1 aromatic heterocycles. The number of hydrogen-bond donors (Lipinski definition) is 0. The van der Waals surface area contributed by atoms with E-state index in [0.717, 1.165) is 18.4 Å². The minimum atomic E-state index is -0.474. The Morgan fingerprint density at radius 2 is 2.21 bits per heavy atom. The standard InChI is InChI=1S/C15H16O4/c1-9-5-3-7-14(2)11(10-6-4-8-17-10)18-13(16)12-15(9,14)19-12/h4-6,8,11-12H,3,7H2,1-2H3. The van der Waals surface area contributed by atoms with Crippen LogP contribution in [-0.4, -0.2) is 17.7 Å². The SMILES string of the molecule is CC1=CCCC2(C)C(c3ccco3)OC(=O)C3OC132. The van der Waals surface area contributed by atoms with Crippen molar-refractivity contribution in [3.8, 4) is 0 Å². The van der Waals surface area contributed by atoms with Crippen molar-refractivity contribution in [2.45, 2.75) is 44.5 Å². The quantitative estimate of drug-likeness (QED) is 0.442. The first-order valence-corrected chi connectivity index (χ1v) is 6.68. The first kappa shape index (κ1) is 11.3. The van der Waals surface area contributed by atoms with Crippen LogP contribution in [0.5, 0.6) is 0 Å². The molecule has 1 aromatic rings. The second-order valence-electron chi connectivity index (χ2n) is 5.91. The van der Waals surface area contributed by atoms with Crippen LogP contribution in [0.4, 0.5) is 0 Å². The Kier molecular flexibility index (Phi) is 1.97. The van der Waals surface area contributed by atoms with Crippen LogP contribution in [0, 0.1) is 5.41 Å². The lowest BCUT2D eigenvalue weighted by Gasteiger charge is -2.45. The Labute approximate surface area is 111 Å². The van der Waals surface area contributed by atoms with Gasteiger partial charge in [-0.3, -0.25) is 0 Å². The van der Waals surface area contributed by atoms with Crippen LogP contribution < -0.4 is 0 Å². The van der Waals surface area contributed by atoms with Crippen LogP contribution in [0.1, 0.15) is 38.6 Å². The van der Waals surface area contributed by atoms with Gasteiger partial charge in [-0.1, -0.05) is 13.0 Å². The maximum absolute atomic E-state index is 12.1. The minimum Gasteiger partial charge on any atom is -0.465 e. The predicted molar refractivity (Wildman–Crippen MR) is 66.2 cm³/mol. The highest BCUT2D eigenvalue weighted by molar-refractivity contribution is 5.83. The lowest BCUT2D eigenvalue weighted by Crippen LogP contribution is -2.51.